The summed E-state index contributed by atoms with van der Waals surface area (Å²) in [7, 11) is 1.48. The summed E-state index contributed by atoms with van der Waals surface area (Å²) in [5.74, 6) is -0.569. The second-order valence-electron chi connectivity index (χ2n) is 6.35. The van der Waals surface area contributed by atoms with Crippen molar-refractivity contribution in [2.45, 2.75) is 13.5 Å². The molecule has 1 heterocycles. The molecule has 0 bridgehead atoms. The van der Waals surface area contributed by atoms with Gasteiger partial charge in [-0.25, -0.2) is 0 Å². The van der Waals surface area contributed by atoms with Crippen LogP contribution in [-0.2, 0) is 6.54 Å². The fraction of sp³-hybridized carbons (Fsp3) is 0.136. The molecule has 0 aliphatic heterocycles. The molecule has 29 heavy (non-hydrogen) atoms. The lowest BCUT2D eigenvalue weighted by Crippen LogP contribution is -2.27. The van der Waals surface area contributed by atoms with Crippen molar-refractivity contribution in [2.75, 3.05) is 7.11 Å². The number of nitrogens with zero attached hydrogens (tertiary/aromatic N) is 2. The lowest BCUT2D eigenvalue weighted by Gasteiger charge is -2.16. The number of pyridine rings is 1. The lowest BCUT2D eigenvalue weighted by atomic mass is 9.97. The van der Waals surface area contributed by atoms with Crippen LogP contribution in [0.15, 0.2) is 53.3 Å². The maximum absolute atomic E-state index is 13.1. The Morgan fingerprint density at radius 3 is 2.62 bits per heavy atom. The molecule has 1 N–H and O–H groups in total. The monoisotopic (exact) mass is 408 g/mol. The lowest BCUT2D eigenvalue weighted by molar-refractivity contribution is 0.103. The van der Waals surface area contributed by atoms with E-state index in [0.717, 1.165) is 4.57 Å². The molecule has 0 aliphatic rings. The zero-order chi connectivity index (χ0) is 21.1. The summed E-state index contributed by atoms with van der Waals surface area (Å²) in [6, 6.07) is 15.1. The number of rotatable bonds is 5. The van der Waals surface area contributed by atoms with Gasteiger partial charge in [0.25, 0.3) is 5.56 Å². The topological polar surface area (TPSA) is 92.3 Å². The Kier molecular flexibility index (Phi) is 5.71. The molecule has 1 aromatic heterocycles. The van der Waals surface area contributed by atoms with Crippen LogP contribution in [0.4, 0.5) is 0 Å². The van der Waals surface area contributed by atoms with Crippen LogP contribution in [0.25, 0.3) is 0 Å². The third-order valence-electron chi connectivity index (χ3n) is 4.65. The first kappa shape index (κ1) is 20.2. The van der Waals surface area contributed by atoms with Crippen LogP contribution in [0.3, 0.4) is 0 Å². The van der Waals surface area contributed by atoms with E-state index in [1.165, 1.54) is 20.1 Å². The summed E-state index contributed by atoms with van der Waals surface area (Å²) < 4.78 is 6.13. The molecule has 0 radical (unpaired) electrons. The van der Waals surface area contributed by atoms with E-state index in [0.29, 0.717) is 16.3 Å². The summed E-state index contributed by atoms with van der Waals surface area (Å²) in [4.78, 5) is 25.9. The highest BCUT2D eigenvalue weighted by molar-refractivity contribution is 6.31. The Morgan fingerprint density at radius 2 is 1.97 bits per heavy atom. The smallest absolute Gasteiger partial charge is 0.271 e. The number of carbonyl (C=O) groups is 1. The molecule has 0 fully saturated rings. The standard InChI is InChI=1S/C22H17ClN2O4/c1-13-17(11-24)21(27)25(12-15-6-3-4-9-18(15)23)22(28)19(13)20(26)14-7-5-8-16(10-14)29-2/h3-10,28H,12H2,1-2H3. The van der Waals surface area contributed by atoms with Crippen molar-refractivity contribution in [3.05, 3.63) is 91.7 Å². The van der Waals surface area contributed by atoms with Crippen molar-refractivity contribution in [3.63, 3.8) is 0 Å². The number of nitriles is 1. The minimum absolute atomic E-state index is 0.0856. The first-order valence-corrected chi connectivity index (χ1v) is 9.05. The van der Waals surface area contributed by atoms with Gasteiger partial charge in [0.15, 0.2) is 5.78 Å². The summed E-state index contributed by atoms with van der Waals surface area (Å²) in [6.45, 7) is 1.38. The van der Waals surface area contributed by atoms with Crippen molar-refractivity contribution in [1.29, 1.82) is 5.26 Å². The molecule has 6 nitrogen and oxygen atoms in total. The Morgan fingerprint density at radius 1 is 1.24 bits per heavy atom. The molecule has 0 saturated carbocycles. The van der Waals surface area contributed by atoms with Gasteiger partial charge in [0.05, 0.1) is 19.2 Å². The zero-order valence-electron chi connectivity index (χ0n) is 15.8. The van der Waals surface area contributed by atoms with Gasteiger partial charge in [0.2, 0.25) is 5.88 Å². The van der Waals surface area contributed by atoms with Crippen molar-refractivity contribution in [3.8, 4) is 17.7 Å². The van der Waals surface area contributed by atoms with Crippen LogP contribution in [0.1, 0.15) is 32.6 Å². The fourth-order valence-electron chi connectivity index (χ4n) is 3.08. The predicted octanol–water partition coefficient (Wildman–Crippen LogP) is 3.68. The van der Waals surface area contributed by atoms with E-state index in [-0.39, 0.29) is 28.8 Å². The van der Waals surface area contributed by atoms with Gasteiger partial charge in [-0.15, -0.1) is 0 Å². The maximum atomic E-state index is 13.1. The van der Waals surface area contributed by atoms with E-state index < -0.39 is 17.2 Å². The van der Waals surface area contributed by atoms with Crippen molar-refractivity contribution < 1.29 is 14.6 Å². The molecule has 146 valence electrons. The van der Waals surface area contributed by atoms with E-state index in [1.54, 1.807) is 42.5 Å². The summed E-state index contributed by atoms with van der Waals surface area (Å²) in [5, 5.41) is 20.7. The van der Waals surface area contributed by atoms with Crippen molar-refractivity contribution in [2.24, 2.45) is 0 Å². The first-order chi connectivity index (χ1) is 13.9. The Bertz CT molecular complexity index is 1210. The minimum Gasteiger partial charge on any atom is -0.497 e. The van der Waals surface area contributed by atoms with Crippen LogP contribution in [0, 0.1) is 18.3 Å². The van der Waals surface area contributed by atoms with Gasteiger partial charge in [0.1, 0.15) is 17.4 Å². The number of aromatic hydroxyl groups is 1. The molecule has 0 amide bonds. The number of carbonyl (C=O) groups excluding carboxylic acids is 1. The van der Waals surface area contributed by atoms with Gasteiger partial charge >= 0.3 is 0 Å². The van der Waals surface area contributed by atoms with E-state index in [4.69, 9.17) is 16.3 Å². The Balaban J connectivity index is 2.22. The number of aromatic nitrogens is 1. The average molecular weight is 409 g/mol. The number of benzene rings is 2. The van der Waals surface area contributed by atoms with Gasteiger partial charge in [-0.2, -0.15) is 5.26 Å². The summed E-state index contributed by atoms with van der Waals surface area (Å²) >= 11 is 6.17. The molecular weight excluding hydrogens is 392 g/mol. The average Bonchev–Trinajstić information content (AvgIpc) is 2.72. The Hall–Kier alpha value is -3.56. The number of methoxy groups -OCH3 is 1. The third-order valence-corrected chi connectivity index (χ3v) is 5.01. The second-order valence-corrected chi connectivity index (χ2v) is 6.76. The van der Waals surface area contributed by atoms with Crippen molar-refractivity contribution >= 4 is 17.4 Å². The molecule has 0 atom stereocenters. The Labute approximate surface area is 172 Å². The number of ether oxygens (including phenoxy) is 1. The molecule has 0 saturated heterocycles. The number of hydrogen-bond acceptors (Lipinski definition) is 5. The van der Waals surface area contributed by atoms with Crippen LogP contribution < -0.4 is 10.3 Å². The van der Waals surface area contributed by atoms with Crippen LogP contribution >= 0.6 is 11.6 Å². The van der Waals surface area contributed by atoms with Crippen LogP contribution in [0.5, 0.6) is 11.6 Å². The fourth-order valence-corrected chi connectivity index (χ4v) is 3.27. The van der Waals surface area contributed by atoms with Gasteiger partial charge < -0.3 is 9.84 Å². The minimum atomic E-state index is -0.690. The molecule has 7 heteroatoms. The van der Waals surface area contributed by atoms with Crippen molar-refractivity contribution in [1.82, 2.24) is 4.57 Å². The number of ketones is 1. The summed E-state index contributed by atoms with van der Waals surface area (Å²) in [6.07, 6.45) is 0. The van der Waals surface area contributed by atoms with Crippen LogP contribution in [-0.4, -0.2) is 22.6 Å². The summed E-state index contributed by atoms with van der Waals surface area (Å²) in [5.41, 5.74) is -0.0564. The van der Waals surface area contributed by atoms with E-state index in [9.17, 15) is 20.0 Å². The quantitative estimate of drug-likeness (QED) is 0.650. The maximum Gasteiger partial charge on any atom is 0.271 e. The van der Waals surface area contributed by atoms with Crippen LogP contribution in [0.2, 0.25) is 5.02 Å². The number of halogens is 1. The van der Waals surface area contributed by atoms with Gasteiger partial charge in [-0.05, 0) is 36.2 Å². The highest BCUT2D eigenvalue weighted by atomic mass is 35.5. The molecule has 0 spiro atoms. The molecule has 3 rings (SSSR count). The molecule has 0 aliphatic carbocycles. The zero-order valence-corrected chi connectivity index (χ0v) is 16.5. The van der Waals surface area contributed by atoms with E-state index >= 15 is 0 Å². The third kappa shape index (κ3) is 3.73. The van der Waals surface area contributed by atoms with Gasteiger partial charge in [-0.1, -0.05) is 41.9 Å². The first-order valence-electron chi connectivity index (χ1n) is 8.67. The second kappa shape index (κ2) is 8.21. The van der Waals surface area contributed by atoms with Gasteiger partial charge in [0, 0.05) is 10.6 Å². The predicted molar refractivity (Wildman–Crippen MR) is 109 cm³/mol. The van der Waals surface area contributed by atoms with E-state index in [1.807, 2.05) is 6.07 Å². The molecule has 0 unspecified atom stereocenters. The number of hydrogen-bond donors (Lipinski definition) is 1. The highest BCUT2D eigenvalue weighted by Crippen LogP contribution is 2.27. The molecule has 2 aromatic carbocycles. The van der Waals surface area contributed by atoms with E-state index in [2.05, 4.69) is 0 Å². The largest absolute Gasteiger partial charge is 0.497 e. The normalized spacial score (nSPS) is 10.4. The highest BCUT2D eigenvalue weighted by Gasteiger charge is 2.25. The molecule has 3 aromatic rings. The molecular formula is C22H17ClN2O4. The SMILES string of the molecule is COc1cccc(C(=O)c2c(C)c(C#N)c(=O)n(Cc3ccccc3Cl)c2O)c1. The van der Waals surface area contributed by atoms with Gasteiger partial charge in [-0.3, -0.25) is 14.2 Å².